The number of aliphatic hydroxyl groups is 1. The Morgan fingerprint density at radius 2 is 2.30 bits per heavy atom. The molecule has 0 aromatic rings. The molecule has 1 aliphatic rings. The van der Waals surface area contributed by atoms with Crippen LogP contribution in [-0.2, 0) is 4.79 Å². The molecule has 0 spiro atoms. The summed E-state index contributed by atoms with van der Waals surface area (Å²) in [5, 5.41) is 8.82. The first-order valence-electron chi connectivity index (χ1n) is 3.04. The summed E-state index contributed by atoms with van der Waals surface area (Å²) >= 11 is 0. The SMILES string of the molecule is N[C@@H](O)[C@@H]1C=CC=CC1=O. The van der Waals surface area contributed by atoms with E-state index in [1.165, 1.54) is 6.08 Å². The number of carbonyl (C=O) groups excluding carboxylic acids is 1. The molecule has 0 radical (unpaired) electrons. The molecule has 10 heavy (non-hydrogen) atoms. The minimum Gasteiger partial charge on any atom is -0.378 e. The first kappa shape index (κ1) is 7.18. The van der Waals surface area contributed by atoms with E-state index in [0.717, 1.165) is 0 Å². The Hall–Kier alpha value is -0.930. The standard InChI is InChI=1S/C7H9NO2/c8-7(10)5-3-1-2-4-6(5)9/h1-5,7,10H,8H2/t5-,7+/m1/s1. The van der Waals surface area contributed by atoms with Crippen LogP contribution in [0.3, 0.4) is 0 Å². The maximum Gasteiger partial charge on any atom is 0.166 e. The molecule has 0 heterocycles. The van der Waals surface area contributed by atoms with Gasteiger partial charge in [-0.3, -0.25) is 4.79 Å². The lowest BCUT2D eigenvalue weighted by Crippen LogP contribution is -2.33. The molecule has 0 fully saturated rings. The summed E-state index contributed by atoms with van der Waals surface area (Å²) in [5.41, 5.74) is 5.11. The largest absolute Gasteiger partial charge is 0.378 e. The third-order valence-electron chi connectivity index (χ3n) is 1.39. The van der Waals surface area contributed by atoms with Crippen LogP contribution in [0.15, 0.2) is 24.3 Å². The summed E-state index contributed by atoms with van der Waals surface area (Å²) in [4.78, 5) is 10.9. The fourth-order valence-electron chi connectivity index (χ4n) is 0.822. The van der Waals surface area contributed by atoms with Crippen molar-refractivity contribution < 1.29 is 9.90 Å². The molecule has 54 valence electrons. The zero-order chi connectivity index (χ0) is 7.56. The summed E-state index contributed by atoms with van der Waals surface area (Å²) in [6, 6.07) is 0. The molecule has 0 unspecified atom stereocenters. The summed E-state index contributed by atoms with van der Waals surface area (Å²) in [6.07, 6.45) is 5.24. The van der Waals surface area contributed by atoms with Crippen molar-refractivity contribution in [2.75, 3.05) is 0 Å². The van der Waals surface area contributed by atoms with Gasteiger partial charge in [0.2, 0.25) is 0 Å². The predicted octanol–water partition coefficient (Wildman–Crippen LogP) is -0.425. The topological polar surface area (TPSA) is 63.3 Å². The van der Waals surface area contributed by atoms with Gasteiger partial charge in [0.25, 0.3) is 0 Å². The van der Waals surface area contributed by atoms with Gasteiger partial charge >= 0.3 is 0 Å². The van der Waals surface area contributed by atoms with Crippen LogP contribution in [0.25, 0.3) is 0 Å². The molecule has 0 bridgehead atoms. The van der Waals surface area contributed by atoms with Gasteiger partial charge in [-0.2, -0.15) is 0 Å². The Balaban J connectivity index is 2.70. The maximum atomic E-state index is 10.9. The highest BCUT2D eigenvalue weighted by molar-refractivity contribution is 5.94. The van der Waals surface area contributed by atoms with Gasteiger partial charge in [0, 0.05) is 0 Å². The van der Waals surface area contributed by atoms with Crippen molar-refractivity contribution in [3.8, 4) is 0 Å². The molecule has 0 saturated heterocycles. The summed E-state index contributed by atoms with van der Waals surface area (Å²) < 4.78 is 0. The van der Waals surface area contributed by atoms with E-state index >= 15 is 0 Å². The molecule has 1 rings (SSSR count). The zero-order valence-corrected chi connectivity index (χ0v) is 5.40. The number of hydrogen-bond acceptors (Lipinski definition) is 3. The maximum absolute atomic E-state index is 10.9. The summed E-state index contributed by atoms with van der Waals surface area (Å²) in [7, 11) is 0. The molecular weight excluding hydrogens is 130 g/mol. The lowest BCUT2D eigenvalue weighted by atomic mass is 9.98. The van der Waals surface area contributed by atoms with Crippen LogP contribution in [0.5, 0.6) is 0 Å². The molecule has 3 nitrogen and oxygen atoms in total. The van der Waals surface area contributed by atoms with Crippen LogP contribution in [0.2, 0.25) is 0 Å². The van der Waals surface area contributed by atoms with Crippen molar-refractivity contribution in [1.82, 2.24) is 0 Å². The van der Waals surface area contributed by atoms with Crippen molar-refractivity contribution in [2.45, 2.75) is 6.23 Å². The zero-order valence-electron chi connectivity index (χ0n) is 5.40. The number of ketones is 1. The van der Waals surface area contributed by atoms with E-state index in [-0.39, 0.29) is 5.78 Å². The van der Waals surface area contributed by atoms with Crippen LogP contribution in [0.4, 0.5) is 0 Å². The van der Waals surface area contributed by atoms with Gasteiger partial charge in [0.15, 0.2) is 5.78 Å². The average Bonchev–Trinajstić information content (AvgIpc) is 1.88. The first-order valence-corrected chi connectivity index (χ1v) is 3.04. The molecular formula is C7H9NO2. The normalized spacial score (nSPS) is 27.0. The van der Waals surface area contributed by atoms with Crippen molar-refractivity contribution >= 4 is 5.78 Å². The van der Waals surface area contributed by atoms with E-state index in [2.05, 4.69) is 0 Å². The van der Waals surface area contributed by atoms with Gasteiger partial charge in [-0.25, -0.2) is 0 Å². The number of hydrogen-bond donors (Lipinski definition) is 2. The fourth-order valence-corrected chi connectivity index (χ4v) is 0.822. The lowest BCUT2D eigenvalue weighted by Gasteiger charge is -2.13. The number of aliphatic hydroxyl groups excluding tert-OH is 1. The second kappa shape index (κ2) is 2.77. The molecule has 1 aliphatic carbocycles. The van der Waals surface area contributed by atoms with Gasteiger partial charge in [0.1, 0.15) is 6.23 Å². The number of nitrogens with two attached hydrogens (primary N) is 1. The molecule has 0 aromatic carbocycles. The molecule has 0 saturated carbocycles. The van der Waals surface area contributed by atoms with E-state index in [1.54, 1.807) is 18.2 Å². The van der Waals surface area contributed by atoms with Crippen molar-refractivity contribution in [2.24, 2.45) is 11.7 Å². The van der Waals surface area contributed by atoms with Crippen molar-refractivity contribution in [1.29, 1.82) is 0 Å². The van der Waals surface area contributed by atoms with Crippen LogP contribution >= 0.6 is 0 Å². The molecule has 2 atom stereocenters. The minimum absolute atomic E-state index is 0.141. The Bertz CT molecular complexity index is 194. The smallest absolute Gasteiger partial charge is 0.166 e. The number of carbonyl (C=O) groups is 1. The summed E-state index contributed by atoms with van der Waals surface area (Å²) in [5.74, 6) is -0.692. The van der Waals surface area contributed by atoms with Crippen molar-refractivity contribution in [3.63, 3.8) is 0 Å². The Morgan fingerprint density at radius 3 is 2.70 bits per heavy atom. The predicted molar refractivity (Wildman–Crippen MR) is 37.0 cm³/mol. The van der Waals surface area contributed by atoms with Gasteiger partial charge < -0.3 is 10.8 Å². The monoisotopic (exact) mass is 139 g/mol. The van der Waals surface area contributed by atoms with Crippen LogP contribution < -0.4 is 5.73 Å². The third-order valence-corrected chi connectivity index (χ3v) is 1.39. The molecule has 3 heteroatoms. The second-order valence-electron chi connectivity index (χ2n) is 2.16. The number of rotatable bonds is 1. The van der Waals surface area contributed by atoms with Gasteiger partial charge in [-0.05, 0) is 6.08 Å². The average molecular weight is 139 g/mol. The van der Waals surface area contributed by atoms with Crippen molar-refractivity contribution in [3.05, 3.63) is 24.3 Å². The fraction of sp³-hybridized carbons (Fsp3) is 0.286. The highest BCUT2D eigenvalue weighted by Crippen LogP contribution is 2.08. The Labute approximate surface area is 58.8 Å². The van der Waals surface area contributed by atoms with Crippen LogP contribution in [0.1, 0.15) is 0 Å². The molecule has 0 aromatic heterocycles. The van der Waals surface area contributed by atoms with Gasteiger partial charge in [0.05, 0.1) is 5.92 Å². The van der Waals surface area contributed by atoms with E-state index in [1.807, 2.05) is 0 Å². The molecule has 3 N–H and O–H groups in total. The highest BCUT2D eigenvalue weighted by atomic mass is 16.3. The highest BCUT2D eigenvalue weighted by Gasteiger charge is 2.19. The Kier molecular flexibility index (Phi) is 1.99. The van der Waals surface area contributed by atoms with Crippen LogP contribution in [0, 0.1) is 5.92 Å². The number of allylic oxidation sites excluding steroid dienone is 3. The summed E-state index contributed by atoms with van der Waals surface area (Å²) in [6.45, 7) is 0. The second-order valence-corrected chi connectivity index (χ2v) is 2.16. The molecule has 0 aliphatic heterocycles. The van der Waals surface area contributed by atoms with E-state index in [4.69, 9.17) is 10.8 Å². The van der Waals surface area contributed by atoms with Crippen LogP contribution in [-0.4, -0.2) is 17.1 Å². The first-order chi connectivity index (χ1) is 4.72. The quantitative estimate of drug-likeness (QED) is 0.485. The van der Waals surface area contributed by atoms with Gasteiger partial charge in [-0.1, -0.05) is 18.2 Å². The lowest BCUT2D eigenvalue weighted by molar-refractivity contribution is -0.119. The van der Waals surface area contributed by atoms with E-state index in [9.17, 15) is 4.79 Å². The minimum atomic E-state index is -1.08. The molecule has 0 amide bonds. The Morgan fingerprint density at radius 1 is 1.60 bits per heavy atom. The van der Waals surface area contributed by atoms with E-state index < -0.39 is 12.1 Å². The van der Waals surface area contributed by atoms with Gasteiger partial charge in [-0.15, -0.1) is 0 Å². The van der Waals surface area contributed by atoms with E-state index in [0.29, 0.717) is 0 Å². The third kappa shape index (κ3) is 1.32.